The zero-order valence-corrected chi connectivity index (χ0v) is 39.3. The first-order chi connectivity index (χ1) is 31.8. The van der Waals surface area contributed by atoms with Crippen molar-refractivity contribution in [1.29, 1.82) is 0 Å². The number of carbonyl (C=O) groups is 7. The number of carbonyl (C=O) groups excluding carboxylic acids is 6. The average molecular weight is 949 g/mol. The van der Waals surface area contributed by atoms with Gasteiger partial charge in [0.15, 0.2) is 5.78 Å². The Labute approximate surface area is 393 Å². The number of hydrogen-bond acceptors (Lipinski definition) is 17. The highest BCUT2D eigenvalue weighted by atomic mass is 16.6. The molecule has 19 heteroatoms. The predicted molar refractivity (Wildman–Crippen MR) is 235 cm³/mol. The van der Waals surface area contributed by atoms with E-state index in [1.54, 1.807) is 76.2 Å². The zero-order chi connectivity index (χ0) is 49.9. The summed E-state index contributed by atoms with van der Waals surface area (Å²) in [6.45, 7) is 8.95. The van der Waals surface area contributed by atoms with Crippen molar-refractivity contribution in [1.82, 2.24) is 10.2 Å². The third-order valence-corrected chi connectivity index (χ3v) is 14.8. The van der Waals surface area contributed by atoms with E-state index < -0.39 is 137 Å². The highest BCUT2D eigenvalue weighted by Gasteiger charge is 2.82. The number of carboxylic acids is 1. The van der Waals surface area contributed by atoms with Gasteiger partial charge in [-0.15, -0.1) is 0 Å². The molecule has 7 rings (SSSR count). The second-order valence-corrected chi connectivity index (χ2v) is 20.2. The Bertz CT molecular complexity index is 2370. The molecule has 1 saturated heterocycles. The number of aliphatic carboxylic acids is 1. The van der Waals surface area contributed by atoms with Crippen LogP contribution in [0, 0.1) is 28.1 Å². The second kappa shape index (κ2) is 18.3. The lowest BCUT2D eigenvalue weighted by atomic mass is 9.38. The summed E-state index contributed by atoms with van der Waals surface area (Å²) in [5.41, 5.74) is -7.67. The van der Waals surface area contributed by atoms with Crippen LogP contribution in [0.15, 0.2) is 71.8 Å². The fourth-order valence-electron chi connectivity index (χ4n) is 11.6. The van der Waals surface area contributed by atoms with E-state index in [-0.39, 0.29) is 48.3 Å². The van der Waals surface area contributed by atoms with Crippen LogP contribution >= 0.6 is 0 Å². The predicted octanol–water partition coefficient (Wildman–Crippen LogP) is 2.68. The van der Waals surface area contributed by atoms with Gasteiger partial charge in [-0.05, 0) is 76.9 Å². The van der Waals surface area contributed by atoms with Gasteiger partial charge in [0.2, 0.25) is 6.10 Å². The third kappa shape index (κ3) is 8.56. The molecule has 13 atom stereocenters. The van der Waals surface area contributed by atoms with Crippen LogP contribution in [0.2, 0.25) is 0 Å². The Kier molecular flexibility index (Phi) is 13.5. The lowest BCUT2D eigenvalue weighted by molar-refractivity contribution is -0.342. The van der Waals surface area contributed by atoms with Crippen LogP contribution in [0.25, 0.3) is 0 Å². The molecule has 2 aromatic rings. The van der Waals surface area contributed by atoms with Crippen molar-refractivity contribution in [2.75, 3.05) is 33.4 Å². The van der Waals surface area contributed by atoms with Gasteiger partial charge in [-0.1, -0.05) is 55.5 Å². The smallest absolute Gasteiger partial charge is 0.408 e. The van der Waals surface area contributed by atoms with E-state index in [0.29, 0.717) is 0 Å². The highest BCUT2D eigenvalue weighted by molar-refractivity contribution is 5.94. The Morgan fingerprint density at radius 3 is 2.16 bits per heavy atom. The quantitative estimate of drug-likeness (QED) is 0.103. The van der Waals surface area contributed by atoms with E-state index in [4.69, 9.17) is 28.4 Å². The number of amides is 1. The first kappa shape index (κ1) is 50.2. The topological polar surface area (TPSA) is 271 Å². The maximum absolute atomic E-state index is 15.3. The van der Waals surface area contributed by atoms with Crippen LogP contribution in [0.1, 0.15) is 83.3 Å². The van der Waals surface area contributed by atoms with Gasteiger partial charge < -0.3 is 54.2 Å². The van der Waals surface area contributed by atoms with E-state index in [2.05, 4.69) is 5.32 Å². The van der Waals surface area contributed by atoms with Crippen molar-refractivity contribution in [3.8, 4) is 0 Å². The molecule has 368 valence electrons. The van der Waals surface area contributed by atoms with Crippen LogP contribution in [0.4, 0.5) is 4.79 Å². The maximum atomic E-state index is 15.3. The van der Waals surface area contributed by atoms with Gasteiger partial charge in [0.25, 0.3) is 0 Å². The zero-order valence-electron chi connectivity index (χ0n) is 39.3. The van der Waals surface area contributed by atoms with Crippen molar-refractivity contribution in [2.24, 2.45) is 28.1 Å². The molecule has 0 aromatic heterocycles. The molecule has 3 saturated carbocycles. The standard InChI is InChI=1S/C49H60N2O17/c1-25-34-36(57)40(58)46(6)30(53)19-31-48(24-64-31,23-63-26(2)52)39(46)41(67-42(59)28-17-13-10-14-18-28)49(62)20-29(47(34,49)7)37(25)66-43(60)38(65-33(56)22-51(8)21-32(54)55)35(27-15-11-9-12-16-27)50-44(61)68-45(3,4)5/h9-18,29-31,35-39,41,53,57,62H,19-24H2,1-8H3,(H,50,61)(H,54,55)/t29-,30+,31-,35+,36-,37-,38-,39+,41+,46-,47-,48-,49-/m1/s1. The van der Waals surface area contributed by atoms with Gasteiger partial charge >= 0.3 is 35.9 Å². The Morgan fingerprint density at radius 2 is 1.59 bits per heavy atom. The number of benzene rings is 2. The largest absolute Gasteiger partial charge is 0.480 e. The molecule has 2 aromatic carbocycles. The number of esters is 4. The molecule has 5 aliphatic rings. The van der Waals surface area contributed by atoms with Crippen LogP contribution < -0.4 is 5.32 Å². The van der Waals surface area contributed by atoms with Gasteiger partial charge in [0.1, 0.15) is 42.2 Å². The molecule has 4 aliphatic carbocycles. The second-order valence-electron chi connectivity index (χ2n) is 20.2. The number of aliphatic hydroxyl groups is 3. The van der Waals surface area contributed by atoms with Gasteiger partial charge in [-0.25, -0.2) is 14.4 Å². The SMILES string of the molecule is CC(=O)OC[C@@]12CO[C@@H]1C[C@H](O)[C@@]1(C)C(=O)[C@H](O)C3=C(C)[C@@H](OC(=O)[C@H](OC(=O)CN(C)CC(=O)O)[C@@H](NC(=O)OC(C)(C)C)c4ccccc4)[C@H]4C[C@@](O)([C@@H](OC(=O)c5ccccc5)[C@H]21)[C@@]34C. The number of ketones is 1. The van der Waals surface area contributed by atoms with E-state index in [9.17, 15) is 49.2 Å². The first-order valence-electron chi connectivity index (χ1n) is 22.5. The number of Topliss-reactive ketones (excluding diaryl/α,β-unsaturated/α-hetero) is 1. The normalized spacial score (nSPS) is 33.4. The van der Waals surface area contributed by atoms with Crippen molar-refractivity contribution in [2.45, 2.75) is 115 Å². The lowest BCUT2D eigenvalue weighted by Crippen LogP contribution is -2.81. The molecule has 0 unspecified atom stereocenters. The Balaban J connectivity index is 1.33. The number of ether oxygens (including phenoxy) is 6. The minimum absolute atomic E-state index is 0.0389. The summed E-state index contributed by atoms with van der Waals surface area (Å²) >= 11 is 0. The summed E-state index contributed by atoms with van der Waals surface area (Å²) in [5, 5.41) is 49.9. The van der Waals surface area contributed by atoms with Gasteiger partial charge in [0, 0.05) is 30.6 Å². The molecule has 0 radical (unpaired) electrons. The first-order valence-corrected chi connectivity index (χ1v) is 22.5. The molecule has 1 heterocycles. The summed E-state index contributed by atoms with van der Waals surface area (Å²) in [4.78, 5) is 96.4. The van der Waals surface area contributed by atoms with E-state index in [0.717, 1.165) is 4.90 Å². The van der Waals surface area contributed by atoms with E-state index in [1.807, 2.05) is 0 Å². The summed E-state index contributed by atoms with van der Waals surface area (Å²) in [6, 6.07) is 14.5. The summed E-state index contributed by atoms with van der Waals surface area (Å²) < 4.78 is 35.6. The average Bonchev–Trinajstić information content (AvgIpc) is 3.42. The molecule has 0 spiro atoms. The number of alkyl carbamates (subject to hydrolysis) is 1. The van der Waals surface area contributed by atoms with Crippen LogP contribution in [-0.4, -0.2) is 148 Å². The number of hydrogen-bond donors (Lipinski definition) is 5. The third-order valence-electron chi connectivity index (χ3n) is 14.8. The minimum Gasteiger partial charge on any atom is -0.480 e. The Hall–Kier alpha value is -5.73. The molecular formula is C49H60N2O17. The summed E-state index contributed by atoms with van der Waals surface area (Å²) in [6.07, 6.45) is -10.7. The summed E-state index contributed by atoms with van der Waals surface area (Å²) in [7, 11) is 1.35. The maximum Gasteiger partial charge on any atom is 0.408 e. The van der Waals surface area contributed by atoms with Crippen LogP contribution in [0.3, 0.4) is 0 Å². The van der Waals surface area contributed by atoms with E-state index in [1.165, 1.54) is 40.0 Å². The molecule has 5 N–H and O–H groups in total. The van der Waals surface area contributed by atoms with Crippen molar-refractivity contribution >= 4 is 41.7 Å². The highest BCUT2D eigenvalue weighted by Crippen LogP contribution is 2.73. The van der Waals surface area contributed by atoms with Crippen molar-refractivity contribution in [3.63, 3.8) is 0 Å². The molecule has 1 amide bonds. The summed E-state index contributed by atoms with van der Waals surface area (Å²) in [5.74, 6) is -8.19. The molecular weight excluding hydrogens is 889 g/mol. The number of carboxylic acid groups (broad SMARTS) is 1. The molecule has 4 fully saturated rings. The fourth-order valence-corrected chi connectivity index (χ4v) is 11.6. The van der Waals surface area contributed by atoms with Crippen molar-refractivity contribution < 1.29 is 82.4 Å². The van der Waals surface area contributed by atoms with Gasteiger partial charge in [0.05, 0.1) is 48.3 Å². The van der Waals surface area contributed by atoms with Crippen molar-refractivity contribution in [3.05, 3.63) is 82.9 Å². The molecule has 1 aliphatic heterocycles. The number of fused-ring (bicyclic) bond motifs is 3. The number of nitrogens with one attached hydrogen (secondary N) is 1. The number of nitrogens with zero attached hydrogens (tertiary/aromatic N) is 1. The van der Waals surface area contributed by atoms with Crippen LogP contribution in [-0.2, 0) is 52.4 Å². The Morgan fingerprint density at radius 1 is 0.956 bits per heavy atom. The number of aliphatic hydroxyl groups excluding tert-OH is 2. The fraction of sp³-hybridized carbons (Fsp3) is 0.571. The van der Waals surface area contributed by atoms with Gasteiger partial charge in [-0.3, -0.25) is 24.1 Å². The minimum atomic E-state index is -2.17. The molecule has 0 bridgehead atoms. The molecule has 19 nitrogen and oxygen atoms in total. The van der Waals surface area contributed by atoms with Crippen LogP contribution in [0.5, 0.6) is 0 Å². The monoisotopic (exact) mass is 948 g/mol. The number of rotatable bonds is 14. The molecule has 68 heavy (non-hydrogen) atoms. The number of likely N-dealkylation sites (N-methyl/N-ethyl adjacent to an activating group) is 1. The van der Waals surface area contributed by atoms with Gasteiger partial charge in [-0.2, -0.15) is 0 Å². The lowest BCUT2D eigenvalue weighted by Gasteiger charge is -2.70. The van der Waals surface area contributed by atoms with E-state index >= 15 is 4.79 Å².